The highest BCUT2D eigenvalue weighted by molar-refractivity contribution is 8.13. The zero-order valence-electron chi connectivity index (χ0n) is 12.5. The van der Waals surface area contributed by atoms with Gasteiger partial charge < -0.3 is 10.1 Å². The van der Waals surface area contributed by atoms with Gasteiger partial charge in [-0.25, -0.2) is 8.42 Å². The van der Waals surface area contributed by atoms with Crippen molar-refractivity contribution in [3.05, 3.63) is 23.8 Å². The number of amides is 1. The Bertz CT molecular complexity index is 613. The second kappa shape index (κ2) is 7.13. The van der Waals surface area contributed by atoms with Gasteiger partial charge in [0.25, 0.3) is 15.0 Å². The molecule has 1 amide bonds. The fourth-order valence-electron chi connectivity index (χ4n) is 2.08. The second-order valence-electron chi connectivity index (χ2n) is 5.30. The minimum Gasteiger partial charge on any atom is -0.496 e. The molecule has 1 aromatic carbocycles. The number of hydrogen-bond acceptors (Lipinski definition) is 4. The van der Waals surface area contributed by atoms with Crippen molar-refractivity contribution in [1.82, 2.24) is 5.32 Å². The van der Waals surface area contributed by atoms with Crippen molar-refractivity contribution < 1.29 is 17.9 Å². The number of halogens is 1. The van der Waals surface area contributed by atoms with E-state index in [1.165, 1.54) is 25.3 Å². The van der Waals surface area contributed by atoms with E-state index in [0.717, 1.165) is 6.42 Å². The molecular formula is C14H20ClNO4S. The minimum absolute atomic E-state index is 0.0292. The van der Waals surface area contributed by atoms with Crippen LogP contribution in [0.2, 0.25) is 0 Å². The number of hydrogen-bond donors (Lipinski definition) is 1. The Morgan fingerprint density at radius 3 is 2.43 bits per heavy atom. The molecule has 1 N–H and O–H groups in total. The van der Waals surface area contributed by atoms with Gasteiger partial charge >= 0.3 is 0 Å². The maximum absolute atomic E-state index is 12.3. The van der Waals surface area contributed by atoms with Gasteiger partial charge in [0.15, 0.2) is 0 Å². The topological polar surface area (TPSA) is 72.5 Å². The van der Waals surface area contributed by atoms with Crippen LogP contribution in [0.25, 0.3) is 0 Å². The lowest BCUT2D eigenvalue weighted by atomic mass is 10.0. The molecule has 5 nitrogen and oxygen atoms in total. The molecular weight excluding hydrogens is 314 g/mol. The minimum atomic E-state index is -3.89. The lowest BCUT2D eigenvalue weighted by Gasteiger charge is -2.17. The summed E-state index contributed by atoms with van der Waals surface area (Å²) in [7, 11) is 2.83. The third-order valence-electron chi connectivity index (χ3n) is 2.90. The van der Waals surface area contributed by atoms with Gasteiger partial charge in [-0.3, -0.25) is 4.79 Å². The number of carbonyl (C=O) groups is 1. The van der Waals surface area contributed by atoms with Crippen LogP contribution in [0.5, 0.6) is 5.75 Å². The molecule has 0 aliphatic rings. The molecule has 0 saturated carbocycles. The van der Waals surface area contributed by atoms with Crippen molar-refractivity contribution in [2.24, 2.45) is 5.92 Å². The van der Waals surface area contributed by atoms with E-state index in [1.807, 2.05) is 6.92 Å². The summed E-state index contributed by atoms with van der Waals surface area (Å²) in [6, 6.07) is 3.91. The molecule has 1 aromatic rings. The van der Waals surface area contributed by atoms with E-state index in [4.69, 9.17) is 15.4 Å². The Morgan fingerprint density at radius 2 is 1.95 bits per heavy atom. The first-order valence-electron chi connectivity index (χ1n) is 6.58. The Hall–Kier alpha value is -1.27. The summed E-state index contributed by atoms with van der Waals surface area (Å²) in [6.45, 7) is 6.01. The number of ether oxygens (including phenoxy) is 1. The van der Waals surface area contributed by atoms with Crippen molar-refractivity contribution in [2.45, 2.75) is 38.1 Å². The molecule has 118 valence electrons. The number of benzene rings is 1. The highest BCUT2D eigenvalue weighted by atomic mass is 35.7. The van der Waals surface area contributed by atoms with Gasteiger partial charge in [0.05, 0.1) is 17.6 Å². The maximum Gasteiger partial charge on any atom is 0.261 e. The number of methoxy groups -OCH3 is 1. The lowest BCUT2D eigenvalue weighted by Crippen LogP contribution is -2.33. The first kappa shape index (κ1) is 17.8. The standard InChI is InChI=1S/C14H20ClNO4S/c1-9(2)7-10(3)16-14(17)12-8-11(21(15,18)19)5-6-13(12)20-4/h5-6,8-10H,7H2,1-4H3,(H,16,17). The van der Waals surface area contributed by atoms with Gasteiger partial charge in [0, 0.05) is 16.7 Å². The SMILES string of the molecule is COc1ccc(S(=O)(=O)Cl)cc1C(=O)NC(C)CC(C)C. The van der Waals surface area contributed by atoms with E-state index < -0.39 is 9.05 Å². The zero-order chi connectivity index (χ0) is 16.2. The van der Waals surface area contributed by atoms with Crippen LogP contribution in [0.1, 0.15) is 37.6 Å². The molecule has 0 aromatic heterocycles. The van der Waals surface area contributed by atoms with Crippen LogP contribution in [0.3, 0.4) is 0 Å². The smallest absolute Gasteiger partial charge is 0.261 e. The molecule has 7 heteroatoms. The van der Waals surface area contributed by atoms with Crippen LogP contribution >= 0.6 is 10.7 Å². The molecule has 1 unspecified atom stereocenters. The lowest BCUT2D eigenvalue weighted by molar-refractivity contribution is 0.0933. The molecule has 0 bridgehead atoms. The van der Waals surface area contributed by atoms with E-state index in [2.05, 4.69) is 19.2 Å². The Balaban J connectivity index is 3.07. The molecule has 0 radical (unpaired) electrons. The maximum atomic E-state index is 12.3. The predicted octanol–water partition coefficient (Wildman–Crippen LogP) is 2.79. The van der Waals surface area contributed by atoms with Gasteiger partial charge in [0.1, 0.15) is 5.75 Å². The van der Waals surface area contributed by atoms with Crippen molar-refractivity contribution in [3.63, 3.8) is 0 Å². The number of carbonyl (C=O) groups excluding carboxylic acids is 1. The Labute approximate surface area is 130 Å². The molecule has 0 saturated heterocycles. The highest BCUT2D eigenvalue weighted by Gasteiger charge is 2.19. The molecule has 1 atom stereocenters. The second-order valence-corrected chi connectivity index (χ2v) is 7.87. The molecule has 1 rings (SSSR count). The van der Waals surface area contributed by atoms with E-state index in [0.29, 0.717) is 11.7 Å². The summed E-state index contributed by atoms with van der Waals surface area (Å²) in [6.07, 6.45) is 0.821. The molecule has 0 aliphatic carbocycles. The number of rotatable bonds is 6. The van der Waals surface area contributed by atoms with Crippen LogP contribution in [0.4, 0.5) is 0 Å². The van der Waals surface area contributed by atoms with Crippen LogP contribution < -0.4 is 10.1 Å². The third-order valence-corrected chi connectivity index (χ3v) is 4.25. The fourth-order valence-corrected chi connectivity index (χ4v) is 2.86. The van der Waals surface area contributed by atoms with E-state index in [-0.39, 0.29) is 22.4 Å². The average Bonchev–Trinajstić information content (AvgIpc) is 2.35. The summed E-state index contributed by atoms with van der Waals surface area (Å²) in [4.78, 5) is 12.1. The summed E-state index contributed by atoms with van der Waals surface area (Å²) >= 11 is 0. The van der Waals surface area contributed by atoms with Gasteiger partial charge in [-0.2, -0.15) is 0 Å². The van der Waals surface area contributed by atoms with E-state index in [9.17, 15) is 13.2 Å². The first-order chi connectivity index (χ1) is 9.65. The fraction of sp³-hybridized carbons (Fsp3) is 0.500. The summed E-state index contributed by atoms with van der Waals surface area (Å²) in [5.41, 5.74) is 0.148. The largest absolute Gasteiger partial charge is 0.496 e. The summed E-state index contributed by atoms with van der Waals surface area (Å²) in [5.74, 6) is 0.354. The predicted molar refractivity (Wildman–Crippen MR) is 82.4 cm³/mol. The van der Waals surface area contributed by atoms with E-state index >= 15 is 0 Å². The zero-order valence-corrected chi connectivity index (χ0v) is 14.1. The third kappa shape index (κ3) is 5.21. The summed E-state index contributed by atoms with van der Waals surface area (Å²) in [5, 5.41) is 2.82. The molecule has 21 heavy (non-hydrogen) atoms. The van der Waals surface area contributed by atoms with Gasteiger partial charge in [-0.05, 0) is 37.5 Å². The summed E-state index contributed by atoms with van der Waals surface area (Å²) < 4.78 is 27.8. The van der Waals surface area contributed by atoms with Crippen molar-refractivity contribution in [3.8, 4) is 5.75 Å². The first-order valence-corrected chi connectivity index (χ1v) is 8.89. The normalized spacial score (nSPS) is 13.0. The van der Waals surface area contributed by atoms with Crippen molar-refractivity contribution in [2.75, 3.05) is 7.11 Å². The Morgan fingerprint density at radius 1 is 1.33 bits per heavy atom. The quantitative estimate of drug-likeness (QED) is 0.812. The monoisotopic (exact) mass is 333 g/mol. The van der Waals surface area contributed by atoms with Gasteiger partial charge in [0.2, 0.25) is 0 Å². The molecule has 0 fully saturated rings. The van der Waals surface area contributed by atoms with E-state index in [1.54, 1.807) is 0 Å². The van der Waals surface area contributed by atoms with Crippen molar-refractivity contribution >= 4 is 25.6 Å². The Kier molecular flexibility index (Phi) is 6.04. The number of nitrogens with one attached hydrogen (secondary N) is 1. The molecule has 0 aliphatic heterocycles. The van der Waals surface area contributed by atoms with Crippen LogP contribution in [-0.4, -0.2) is 27.5 Å². The highest BCUT2D eigenvalue weighted by Crippen LogP contribution is 2.24. The van der Waals surface area contributed by atoms with Crippen molar-refractivity contribution in [1.29, 1.82) is 0 Å². The van der Waals surface area contributed by atoms with Gasteiger partial charge in [-0.1, -0.05) is 13.8 Å². The van der Waals surface area contributed by atoms with Crippen LogP contribution in [0, 0.1) is 5.92 Å². The molecule has 0 spiro atoms. The van der Waals surface area contributed by atoms with Gasteiger partial charge in [-0.15, -0.1) is 0 Å². The van der Waals surface area contributed by atoms with Crippen LogP contribution in [0.15, 0.2) is 23.1 Å². The average molecular weight is 334 g/mol. The molecule has 0 heterocycles. The van der Waals surface area contributed by atoms with Crippen LogP contribution in [-0.2, 0) is 9.05 Å².